The molecule has 0 unspecified atom stereocenters. The number of sulfonamides is 1. The molecule has 1 heterocycles. The molecule has 18 heavy (non-hydrogen) atoms. The Labute approximate surface area is 107 Å². The first-order valence-electron chi connectivity index (χ1n) is 5.86. The molecule has 0 aromatic carbocycles. The number of rotatable bonds is 5. The minimum absolute atomic E-state index is 0.0518. The number of ether oxygens (including phenoxy) is 1. The Balaban J connectivity index is 1.95. The second-order valence-corrected chi connectivity index (χ2v) is 6.00. The molecule has 3 N–H and O–H groups in total. The van der Waals surface area contributed by atoms with Crippen molar-refractivity contribution in [3.8, 4) is 0 Å². The highest BCUT2D eigenvalue weighted by Crippen LogP contribution is 2.25. The summed E-state index contributed by atoms with van der Waals surface area (Å²) in [5.41, 5.74) is 5.42. The van der Waals surface area contributed by atoms with Crippen molar-refractivity contribution in [3.63, 3.8) is 0 Å². The number of nitrogens with one attached hydrogen (secondary N) is 1. The van der Waals surface area contributed by atoms with E-state index in [1.807, 2.05) is 6.92 Å². The van der Waals surface area contributed by atoms with Gasteiger partial charge in [-0.2, -0.15) is 0 Å². The maximum absolute atomic E-state index is 12.0. The molecule has 0 radical (unpaired) electrons. The summed E-state index contributed by atoms with van der Waals surface area (Å²) in [5.74, 6) is 0.300. The van der Waals surface area contributed by atoms with Crippen molar-refractivity contribution in [1.29, 1.82) is 0 Å². The van der Waals surface area contributed by atoms with E-state index < -0.39 is 10.0 Å². The van der Waals surface area contributed by atoms with E-state index >= 15 is 0 Å². The van der Waals surface area contributed by atoms with Crippen molar-refractivity contribution >= 4 is 15.8 Å². The highest BCUT2D eigenvalue weighted by atomic mass is 32.2. The van der Waals surface area contributed by atoms with E-state index in [1.165, 1.54) is 18.3 Å². The van der Waals surface area contributed by atoms with Crippen LogP contribution in [0.3, 0.4) is 0 Å². The highest BCUT2D eigenvalue weighted by Gasteiger charge is 2.33. The van der Waals surface area contributed by atoms with Crippen molar-refractivity contribution < 1.29 is 13.2 Å². The number of pyridine rings is 1. The van der Waals surface area contributed by atoms with Gasteiger partial charge in [0, 0.05) is 18.8 Å². The first-order chi connectivity index (χ1) is 8.51. The van der Waals surface area contributed by atoms with Gasteiger partial charge in [0.05, 0.1) is 6.10 Å². The molecule has 0 atom stereocenters. The molecular weight excluding hydrogens is 254 g/mol. The topological polar surface area (TPSA) is 94.3 Å². The highest BCUT2D eigenvalue weighted by molar-refractivity contribution is 7.89. The zero-order chi connectivity index (χ0) is 13.2. The molecule has 0 bridgehead atoms. The van der Waals surface area contributed by atoms with Crippen molar-refractivity contribution in [2.24, 2.45) is 0 Å². The SMILES string of the molecule is CCOC1CC(NS(=O)(=O)c2ccc(N)nc2)C1. The maximum atomic E-state index is 12.0. The fourth-order valence-corrected chi connectivity index (χ4v) is 3.08. The summed E-state index contributed by atoms with van der Waals surface area (Å²) in [7, 11) is -3.50. The van der Waals surface area contributed by atoms with Gasteiger partial charge in [0.15, 0.2) is 0 Å². The Morgan fingerprint density at radius 1 is 1.50 bits per heavy atom. The van der Waals surface area contributed by atoms with E-state index in [0.29, 0.717) is 12.4 Å². The van der Waals surface area contributed by atoms with Gasteiger partial charge in [-0.25, -0.2) is 18.1 Å². The number of hydrogen-bond acceptors (Lipinski definition) is 5. The zero-order valence-electron chi connectivity index (χ0n) is 10.2. The van der Waals surface area contributed by atoms with Gasteiger partial charge in [0.2, 0.25) is 10.0 Å². The number of aromatic nitrogens is 1. The smallest absolute Gasteiger partial charge is 0.242 e. The quantitative estimate of drug-likeness (QED) is 0.813. The summed E-state index contributed by atoms with van der Waals surface area (Å²) in [5, 5.41) is 0. The first-order valence-corrected chi connectivity index (χ1v) is 7.35. The minimum atomic E-state index is -3.50. The van der Waals surface area contributed by atoms with Crippen molar-refractivity contribution in [3.05, 3.63) is 18.3 Å². The molecular formula is C11H17N3O3S. The van der Waals surface area contributed by atoms with Gasteiger partial charge in [-0.05, 0) is 31.9 Å². The second-order valence-electron chi connectivity index (χ2n) is 4.29. The summed E-state index contributed by atoms with van der Waals surface area (Å²) < 4.78 is 32.0. The van der Waals surface area contributed by atoms with Gasteiger partial charge in [0.1, 0.15) is 10.7 Å². The molecule has 0 aliphatic heterocycles. The van der Waals surface area contributed by atoms with Crippen LogP contribution in [-0.4, -0.2) is 32.2 Å². The van der Waals surface area contributed by atoms with Crippen LogP contribution in [0.1, 0.15) is 19.8 Å². The number of anilines is 1. The summed E-state index contributed by atoms with van der Waals surface area (Å²) in [6.07, 6.45) is 2.87. The Morgan fingerprint density at radius 2 is 2.22 bits per heavy atom. The number of nitrogen functional groups attached to an aromatic ring is 1. The molecule has 0 spiro atoms. The number of nitrogens with zero attached hydrogens (tertiary/aromatic N) is 1. The third-order valence-electron chi connectivity index (χ3n) is 2.89. The molecule has 6 nitrogen and oxygen atoms in total. The van der Waals surface area contributed by atoms with Crippen LogP contribution < -0.4 is 10.5 Å². The second kappa shape index (κ2) is 5.21. The van der Waals surface area contributed by atoms with Crippen LogP contribution in [0.25, 0.3) is 0 Å². The minimum Gasteiger partial charge on any atom is -0.384 e. The van der Waals surface area contributed by atoms with Gasteiger partial charge in [-0.3, -0.25) is 0 Å². The summed E-state index contributed by atoms with van der Waals surface area (Å²) >= 11 is 0. The molecule has 1 aliphatic carbocycles. The largest absolute Gasteiger partial charge is 0.384 e. The molecule has 2 rings (SSSR count). The molecule has 1 aliphatic rings. The average molecular weight is 271 g/mol. The molecule has 100 valence electrons. The van der Waals surface area contributed by atoms with E-state index in [-0.39, 0.29) is 17.0 Å². The lowest BCUT2D eigenvalue weighted by Gasteiger charge is -2.34. The Bertz CT molecular complexity index is 495. The van der Waals surface area contributed by atoms with Crippen LogP contribution in [0.5, 0.6) is 0 Å². The molecule has 0 amide bonds. The van der Waals surface area contributed by atoms with Crippen LogP contribution in [0.15, 0.2) is 23.2 Å². The summed E-state index contributed by atoms with van der Waals surface area (Å²) in [6.45, 7) is 2.59. The average Bonchev–Trinajstić information content (AvgIpc) is 2.27. The molecule has 0 saturated heterocycles. The Morgan fingerprint density at radius 3 is 2.78 bits per heavy atom. The molecule has 1 saturated carbocycles. The third-order valence-corrected chi connectivity index (χ3v) is 4.39. The van der Waals surface area contributed by atoms with Crippen LogP contribution in [0.4, 0.5) is 5.82 Å². The molecule has 1 aromatic heterocycles. The van der Waals surface area contributed by atoms with E-state index in [1.54, 1.807) is 0 Å². The van der Waals surface area contributed by atoms with Crippen molar-refractivity contribution in [1.82, 2.24) is 9.71 Å². The third kappa shape index (κ3) is 2.98. The van der Waals surface area contributed by atoms with Crippen LogP contribution in [-0.2, 0) is 14.8 Å². The molecule has 7 heteroatoms. The van der Waals surface area contributed by atoms with Crippen LogP contribution in [0.2, 0.25) is 0 Å². The number of nitrogens with two attached hydrogens (primary N) is 1. The Hall–Kier alpha value is -1.18. The van der Waals surface area contributed by atoms with Crippen LogP contribution in [0, 0.1) is 0 Å². The predicted octanol–water partition coefficient (Wildman–Crippen LogP) is 0.510. The zero-order valence-corrected chi connectivity index (χ0v) is 11.0. The first kappa shape index (κ1) is 13.3. The van der Waals surface area contributed by atoms with Crippen LogP contribution >= 0.6 is 0 Å². The lowest BCUT2D eigenvalue weighted by molar-refractivity contribution is -0.00475. The van der Waals surface area contributed by atoms with Gasteiger partial charge in [-0.1, -0.05) is 0 Å². The van der Waals surface area contributed by atoms with Crippen molar-refractivity contribution in [2.45, 2.75) is 36.8 Å². The summed E-state index contributed by atoms with van der Waals surface area (Å²) in [6, 6.07) is 2.87. The maximum Gasteiger partial charge on any atom is 0.242 e. The normalized spacial score (nSPS) is 23.6. The van der Waals surface area contributed by atoms with Gasteiger partial charge < -0.3 is 10.5 Å². The summed E-state index contributed by atoms with van der Waals surface area (Å²) in [4.78, 5) is 3.91. The van der Waals surface area contributed by atoms with Gasteiger partial charge >= 0.3 is 0 Å². The molecule has 1 fully saturated rings. The van der Waals surface area contributed by atoms with E-state index in [4.69, 9.17) is 10.5 Å². The lowest BCUT2D eigenvalue weighted by atomic mass is 9.90. The van der Waals surface area contributed by atoms with Gasteiger partial charge in [-0.15, -0.1) is 0 Å². The van der Waals surface area contributed by atoms with E-state index in [0.717, 1.165) is 12.8 Å². The van der Waals surface area contributed by atoms with E-state index in [2.05, 4.69) is 9.71 Å². The van der Waals surface area contributed by atoms with Gasteiger partial charge in [0.25, 0.3) is 0 Å². The van der Waals surface area contributed by atoms with E-state index in [9.17, 15) is 8.42 Å². The standard InChI is InChI=1S/C11H17N3O3S/c1-2-17-9-5-8(6-9)14-18(15,16)10-3-4-11(12)13-7-10/h3-4,7-9,14H,2,5-6H2,1H3,(H2,12,13). The fraction of sp³-hybridized carbons (Fsp3) is 0.545. The number of hydrogen-bond donors (Lipinski definition) is 2. The monoisotopic (exact) mass is 271 g/mol. The lowest BCUT2D eigenvalue weighted by Crippen LogP contribution is -2.47. The van der Waals surface area contributed by atoms with Crippen molar-refractivity contribution in [2.75, 3.05) is 12.3 Å². The predicted molar refractivity (Wildman–Crippen MR) is 67.4 cm³/mol. The molecule has 1 aromatic rings. The Kier molecular flexibility index (Phi) is 3.84. The fourth-order valence-electron chi connectivity index (χ4n) is 1.87.